The van der Waals surface area contributed by atoms with Gasteiger partial charge in [0.2, 0.25) is 0 Å². The average Bonchev–Trinajstić information content (AvgIpc) is 2.64. The Morgan fingerprint density at radius 2 is 1.45 bits per heavy atom. The van der Waals surface area contributed by atoms with Gasteiger partial charge in [0.15, 0.2) is 0 Å². The zero-order chi connectivity index (χ0) is 22.0. The number of rotatable bonds is 6. The molecule has 0 unspecified atom stereocenters. The highest BCUT2D eigenvalue weighted by Gasteiger charge is 2.25. The van der Waals surface area contributed by atoms with E-state index in [0.717, 1.165) is 35.1 Å². The van der Waals surface area contributed by atoms with Gasteiger partial charge in [0.1, 0.15) is 5.75 Å². The van der Waals surface area contributed by atoms with Gasteiger partial charge in [-0.1, -0.05) is 26.3 Å². The second-order valence-corrected chi connectivity index (χ2v) is 7.84. The molecule has 0 atom stereocenters. The minimum atomic E-state index is -0.953. The maximum atomic E-state index is 13.3. The lowest BCUT2D eigenvalue weighted by Crippen LogP contribution is -2.18. The minimum Gasteiger partial charge on any atom is -0.478 e. The maximum absolute atomic E-state index is 13.3. The number of ether oxygens (including phenoxy) is 1. The first kappa shape index (κ1) is 22.7. The summed E-state index contributed by atoms with van der Waals surface area (Å²) in [7, 11) is 0. The smallest absolute Gasteiger partial charge is 0.344 e. The second-order valence-electron chi connectivity index (χ2n) is 7.84. The van der Waals surface area contributed by atoms with Crippen LogP contribution in [0.4, 0.5) is 0 Å². The van der Waals surface area contributed by atoms with Crippen molar-refractivity contribution < 1.29 is 19.4 Å². The van der Waals surface area contributed by atoms with Crippen LogP contribution in [0.25, 0.3) is 0 Å². The zero-order valence-electron chi connectivity index (χ0n) is 18.9. The highest BCUT2D eigenvalue weighted by molar-refractivity contribution is 5.96. The van der Waals surface area contributed by atoms with E-state index < -0.39 is 5.97 Å². The number of hydrogen-bond acceptors (Lipinski definition) is 3. The van der Waals surface area contributed by atoms with Crippen LogP contribution < -0.4 is 4.74 Å². The third kappa shape index (κ3) is 4.07. The summed E-state index contributed by atoms with van der Waals surface area (Å²) in [5.41, 5.74) is 7.97. The summed E-state index contributed by atoms with van der Waals surface area (Å²) in [4.78, 5) is 25.1. The first-order valence-corrected chi connectivity index (χ1v) is 10.2. The molecular weight excluding hydrogens is 364 g/mol. The quantitative estimate of drug-likeness (QED) is 0.483. The van der Waals surface area contributed by atoms with E-state index >= 15 is 0 Å². The minimum absolute atomic E-state index is 0.299. The molecule has 0 aromatic heterocycles. The Morgan fingerprint density at radius 3 is 1.97 bits per heavy atom. The molecule has 0 bridgehead atoms. The summed E-state index contributed by atoms with van der Waals surface area (Å²) in [5, 5.41) is 9.62. The molecule has 2 aromatic carbocycles. The van der Waals surface area contributed by atoms with Crippen molar-refractivity contribution in [3.63, 3.8) is 0 Å². The number of aromatic carboxylic acids is 1. The van der Waals surface area contributed by atoms with Crippen molar-refractivity contribution in [1.29, 1.82) is 0 Å². The molecule has 1 N–H and O–H groups in total. The van der Waals surface area contributed by atoms with E-state index in [9.17, 15) is 14.7 Å². The van der Waals surface area contributed by atoms with Gasteiger partial charge in [-0.25, -0.2) is 9.59 Å². The van der Waals surface area contributed by atoms with E-state index in [2.05, 4.69) is 20.8 Å². The van der Waals surface area contributed by atoms with Gasteiger partial charge in [0, 0.05) is 0 Å². The lowest BCUT2D eigenvalue weighted by Gasteiger charge is -2.21. The van der Waals surface area contributed by atoms with Crippen LogP contribution in [0.1, 0.15) is 85.5 Å². The van der Waals surface area contributed by atoms with E-state index in [1.165, 1.54) is 5.56 Å². The van der Waals surface area contributed by atoms with Crippen LogP contribution in [-0.2, 0) is 12.8 Å². The Bertz CT molecular complexity index is 984. The highest BCUT2D eigenvalue weighted by atomic mass is 16.5. The maximum Gasteiger partial charge on any atom is 0.344 e. The summed E-state index contributed by atoms with van der Waals surface area (Å²) in [6.45, 7) is 15.5. The molecule has 29 heavy (non-hydrogen) atoms. The molecule has 156 valence electrons. The molecule has 2 rings (SSSR count). The zero-order valence-corrected chi connectivity index (χ0v) is 18.9. The van der Waals surface area contributed by atoms with Crippen LogP contribution in [0.5, 0.6) is 5.75 Å². The van der Waals surface area contributed by atoms with Gasteiger partial charge in [-0.2, -0.15) is 0 Å². The normalized spacial score (nSPS) is 10.9. The Balaban J connectivity index is 2.66. The number of carboxylic acids is 1. The number of carbonyl (C=O) groups is 2. The molecule has 0 fully saturated rings. The summed E-state index contributed by atoms with van der Waals surface area (Å²) >= 11 is 0. The van der Waals surface area contributed by atoms with Crippen molar-refractivity contribution in [3.05, 3.63) is 61.7 Å². The fourth-order valence-electron chi connectivity index (χ4n) is 4.23. The molecule has 4 nitrogen and oxygen atoms in total. The Kier molecular flexibility index (Phi) is 6.89. The number of aryl methyl sites for hydroxylation is 2. The van der Waals surface area contributed by atoms with Crippen molar-refractivity contribution in [2.24, 2.45) is 0 Å². The average molecular weight is 397 g/mol. The van der Waals surface area contributed by atoms with Crippen molar-refractivity contribution in [1.82, 2.24) is 0 Å². The predicted octanol–water partition coefficient (Wildman–Crippen LogP) is 5.97. The fraction of sp³-hybridized carbons (Fsp3) is 0.440. The molecule has 0 amide bonds. The van der Waals surface area contributed by atoms with Crippen molar-refractivity contribution in [3.8, 4) is 5.75 Å². The van der Waals surface area contributed by atoms with Gasteiger partial charge in [-0.15, -0.1) is 0 Å². The molecule has 0 spiro atoms. The number of carbonyl (C=O) groups excluding carboxylic acids is 1. The number of carboxylic acid groups (broad SMARTS) is 1. The topological polar surface area (TPSA) is 63.6 Å². The SMILES string of the molecule is CCCc1c(C)c(C)cc(C)c1C(=O)Oc1c(C)c(C)c(C(=O)O)c(C)c1CC. The van der Waals surface area contributed by atoms with Gasteiger partial charge >= 0.3 is 11.9 Å². The third-order valence-electron chi connectivity index (χ3n) is 6.02. The van der Waals surface area contributed by atoms with Crippen molar-refractivity contribution >= 4 is 11.9 Å². The molecule has 4 heteroatoms. The van der Waals surface area contributed by atoms with E-state index in [-0.39, 0.29) is 5.97 Å². The van der Waals surface area contributed by atoms with Gasteiger partial charge in [-0.3, -0.25) is 0 Å². The van der Waals surface area contributed by atoms with Crippen LogP contribution in [0, 0.1) is 41.5 Å². The van der Waals surface area contributed by atoms with Crippen LogP contribution in [0.2, 0.25) is 0 Å². The molecule has 0 radical (unpaired) electrons. The first-order valence-electron chi connectivity index (χ1n) is 10.2. The van der Waals surface area contributed by atoms with Crippen LogP contribution >= 0.6 is 0 Å². The molecule has 0 aliphatic rings. The van der Waals surface area contributed by atoms with E-state index in [0.29, 0.717) is 40.0 Å². The number of hydrogen-bond donors (Lipinski definition) is 1. The standard InChI is InChI=1S/C25H32O4/c1-9-11-20-15(5)13(3)12-14(4)21(20)25(28)29-23-17(7)16(6)22(24(26)27)18(8)19(23)10-2/h12H,9-11H2,1-8H3,(H,26,27). The van der Waals surface area contributed by atoms with Crippen molar-refractivity contribution in [2.45, 2.75) is 74.7 Å². The first-order chi connectivity index (χ1) is 13.6. The number of benzene rings is 2. The van der Waals surface area contributed by atoms with Gasteiger partial charge in [0.05, 0.1) is 11.1 Å². The fourth-order valence-corrected chi connectivity index (χ4v) is 4.23. The Labute approximate surface area is 173 Å². The molecular formula is C25H32O4. The Morgan fingerprint density at radius 1 is 0.828 bits per heavy atom. The molecule has 0 heterocycles. The van der Waals surface area contributed by atoms with E-state index in [4.69, 9.17) is 4.74 Å². The second kappa shape index (κ2) is 8.81. The summed E-state index contributed by atoms with van der Waals surface area (Å²) in [6, 6.07) is 2.03. The third-order valence-corrected chi connectivity index (χ3v) is 6.02. The lowest BCUT2D eigenvalue weighted by atomic mass is 9.90. The largest absolute Gasteiger partial charge is 0.478 e. The van der Waals surface area contributed by atoms with Crippen LogP contribution in [0.3, 0.4) is 0 Å². The molecule has 2 aromatic rings. The van der Waals surface area contributed by atoms with Crippen LogP contribution in [0.15, 0.2) is 6.07 Å². The summed E-state index contributed by atoms with van der Waals surface area (Å²) in [6.07, 6.45) is 2.34. The van der Waals surface area contributed by atoms with E-state index in [1.54, 1.807) is 13.8 Å². The van der Waals surface area contributed by atoms with E-state index in [1.807, 2.05) is 26.8 Å². The monoisotopic (exact) mass is 396 g/mol. The summed E-state index contributed by atoms with van der Waals surface area (Å²) in [5.74, 6) is -0.822. The predicted molar refractivity (Wildman–Crippen MR) is 117 cm³/mol. The Hall–Kier alpha value is -2.62. The molecule has 0 aliphatic heterocycles. The molecule has 0 aliphatic carbocycles. The van der Waals surface area contributed by atoms with Gasteiger partial charge < -0.3 is 9.84 Å². The number of esters is 1. The molecule has 0 saturated heterocycles. The highest BCUT2D eigenvalue weighted by Crippen LogP contribution is 2.35. The van der Waals surface area contributed by atoms with Crippen molar-refractivity contribution in [2.75, 3.05) is 0 Å². The van der Waals surface area contributed by atoms with Crippen LogP contribution in [-0.4, -0.2) is 17.0 Å². The summed E-state index contributed by atoms with van der Waals surface area (Å²) < 4.78 is 5.98. The van der Waals surface area contributed by atoms with Gasteiger partial charge in [-0.05, 0) is 98.9 Å². The van der Waals surface area contributed by atoms with Gasteiger partial charge in [0.25, 0.3) is 0 Å². The lowest BCUT2D eigenvalue weighted by molar-refractivity contribution is 0.0694. The molecule has 0 saturated carbocycles.